The molecule has 1 aliphatic heterocycles. The van der Waals surface area contributed by atoms with Crippen molar-refractivity contribution >= 4 is 5.91 Å². The van der Waals surface area contributed by atoms with Gasteiger partial charge >= 0.3 is 0 Å². The summed E-state index contributed by atoms with van der Waals surface area (Å²) < 4.78 is 1.70. The van der Waals surface area contributed by atoms with Gasteiger partial charge in [0.1, 0.15) is 0 Å². The fraction of sp³-hybridized carbons (Fsp3) is 0.500. The minimum Gasteiger partial charge on any atom is -0.352 e. The Bertz CT molecular complexity index is 697. The van der Waals surface area contributed by atoms with E-state index in [2.05, 4.69) is 33.4 Å². The van der Waals surface area contributed by atoms with E-state index in [-0.39, 0.29) is 5.91 Å². The molecule has 2 aromatic heterocycles. The van der Waals surface area contributed by atoms with Gasteiger partial charge in [-0.25, -0.2) is 0 Å². The number of nitrogens with zero attached hydrogens (tertiary/aromatic N) is 4. The van der Waals surface area contributed by atoms with Crippen molar-refractivity contribution in [3.63, 3.8) is 0 Å². The van der Waals surface area contributed by atoms with E-state index >= 15 is 0 Å². The molecule has 0 unspecified atom stereocenters. The molecule has 128 valence electrons. The summed E-state index contributed by atoms with van der Waals surface area (Å²) in [7, 11) is 3.98. The first-order valence-electron chi connectivity index (χ1n) is 8.51. The van der Waals surface area contributed by atoms with Gasteiger partial charge in [0.05, 0.1) is 11.3 Å². The molecular weight excluding hydrogens is 302 g/mol. The Morgan fingerprint density at radius 1 is 1.42 bits per heavy atom. The standard InChI is InChI=1S/C18H25N5O/c1-4-16-15(12-23(3)21-16)18(24)20-11-14-7-9-22(2)17(14)13-6-5-8-19-10-13/h5-6,8,10,12,14,17H,4,7,9,11H2,1-3H3,(H,20,24)/t14-,17-/m0/s1. The van der Waals surface area contributed by atoms with Crippen LogP contribution in [-0.2, 0) is 13.5 Å². The highest BCUT2D eigenvalue weighted by Gasteiger charge is 2.33. The molecule has 1 saturated heterocycles. The Morgan fingerprint density at radius 2 is 2.25 bits per heavy atom. The fourth-order valence-corrected chi connectivity index (χ4v) is 3.62. The van der Waals surface area contributed by atoms with Gasteiger partial charge < -0.3 is 5.32 Å². The van der Waals surface area contributed by atoms with E-state index in [0.29, 0.717) is 24.1 Å². The Labute approximate surface area is 142 Å². The van der Waals surface area contributed by atoms with Gasteiger partial charge in [-0.05, 0) is 44.0 Å². The summed E-state index contributed by atoms with van der Waals surface area (Å²) in [5.74, 6) is 0.365. The van der Waals surface area contributed by atoms with Gasteiger partial charge in [0, 0.05) is 38.2 Å². The van der Waals surface area contributed by atoms with Gasteiger partial charge in [0.25, 0.3) is 5.91 Å². The van der Waals surface area contributed by atoms with E-state index in [0.717, 1.165) is 25.1 Å². The molecule has 0 bridgehead atoms. The lowest BCUT2D eigenvalue weighted by Gasteiger charge is -2.25. The lowest BCUT2D eigenvalue weighted by Crippen LogP contribution is -2.32. The van der Waals surface area contributed by atoms with Crippen molar-refractivity contribution in [3.8, 4) is 0 Å². The molecule has 0 saturated carbocycles. The number of aromatic nitrogens is 3. The molecule has 1 fully saturated rings. The van der Waals surface area contributed by atoms with Crippen molar-refractivity contribution in [2.75, 3.05) is 20.1 Å². The maximum absolute atomic E-state index is 12.5. The van der Waals surface area contributed by atoms with Crippen LogP contribution in [0.25, 0.3) is 0 Å². The number of carbonyl (C=O) groups is 1. The summed E-state index contributed by atoms with van der Waals surface area (Å²) in [5.41, 5.74) is 2.75. The Hall–Kier alpha value is -2.21. The van der Waals surface area contributed by atoms with Crippen LogP contribution in [0, 0.1) is 5.92 Å². The van der Waals surface area contributed by atoms with Gasteiger partial charge in [-0.3, -0.25) is 19.4 Å². The molecule has 6 nitrogen and oxygen atoms in total. The van der Waals surface area contributed by atoms with Crippen LogP contribution in [0.3, 0.4) is 0 Å². The van der Waals surface area contributed by atoms with Gasteiger partial charge in [-0.2, -0.15) is 5.10 Å². The number of carbonyl (C=O) groups excluding carboxylic acids is 1. The maximum Gasteiger partial charge on any atom is 0.254 e. The monoisotopic (exact) mass is 327 g/mol. The number of amides is 1. The number of aryl methyl sites for hydroxylation is 2. The predicted molar refractivity (Wildman–Crippen MR) is 92.6 cm³/mol. The average Bonchev–Trinajstić information content (AvgIpc) is 3.16. The zero-order valence-corrected chi connectivity index (χ0v) is 14.6. The van der Waals surface area contributed by atoms with Crippen molar-refractivity contribution in [3.05, 3.63) is 47.5 Å². The zero-order valence-electron chi connectivity index (χ0n) is 14.6. The first-order chi connectivity index (χ1) is 11.6. The summed E-state index contributed by atoms with van der Waals surface area (Å²) in [5, 5.41) is 7.45. The summed E-state index contributed by atoms with van der Waals surface area (Å²) in [6, 6.07) is 4.39. The fourth-order valence-electron chi connectivity index (χ4n) is 3.62. The number of pyridine rings is 1. The van der Waals surface area contributed by atoms with Crippen molar-refractivity contribution in [2.24, 2.45) is 13.0 Å². The molecule has 0 aliphatic carbocycles. The molecule has 2 atom stereocenters. The molecule has 3 rings (SSSR count). The summed E-state index contributed by atoms with van der Waals surface area (Å²) in [6.45, 7) is 3.72. The van der Waals surface area contributed by atoms with Crippen molar-refractivity contribution in [1.29, 1.82) is 0 Å². The van der Waals surface area contributed by atoms with Crippen LogP contribution in [0.5, 0.6) is 0 Å². The minimum atomic E-state index is -0.0283. The first kappa shape index (κ1) is 16.6. The van der Waals surface area contributed by atoms with E-state index in [1.54, 1.807) is 17.1 Å². The van der Waals surface area contributed by atoms with Crippen molar-refractivity contribution < 1.29 is 4.79 Å². The molecule has 3 heterocycles. The van der Waals surface area contributed by atoms with E-state index < -0.39 is 0 Å². The quantitative estimate of drug-likeness (QED) is 0.909. The van der Waals surface area contributed by atoms with Crippen LogP contribution in [0.15, 0.2) is 30.7 Å². The molecule has 1 N–H and O–H groups in total. The van der Waals surface area contributed by atoms with E-state index in [9.17, 15) is 4.79 Å². The van der Waals surface area contributed by atoms with Crippen molar-refractivity contribution in [2.45, 2.75) is 25.8 Å². The topological polar surface area (TPSA) is 63.1 Å². The summed E-state index contributed by atoms with van der Waals surface area (Å²) >= 11 is 0. The Kier molecular flexibility index (Phi) is 4.94. The lowest BCUT2D eigenvalue weighted by molar-refractivity contribution is 0.0942. The molecule has 2 aromatic rings. The van der Waals surface area contributed by atoms with Crippen LogP contribution < -0.4 is 5.32 Å². The molecule has 0 radical (unpaired) electrons. The molecule has 6 heteroatoms. The first-order valence-corrected chi connectivity index (χ1v) is 8.51. The van der Waals surface area contributed by atoms with Crippen LogP contribution in [0.4, 0.5) is 0 Å². The minimum absolute atomic E-state index is 0.0283. The van der Waals surface area contributed by atoms with Crippen LogP contribution in [-0.4, -0.2) is 45.7 Å². The van der Waals surface area contributed by atoms with Gasteiger partial charge in [0.2, 0.25) is 0 Å². The largest absolute Gasteiger partial charge is 0.352 e. The second kappa shape index (κ2) is 7.13. The van der Waals surface area contributed by atoms with Crippen LogP contribution in [0.2, 0.25) is 0 Å². The van der Waals surface area contributed by atoms with E-state index in [1.807, 2.05) is 26.2 Å². The number of nitrogens with one attached hydrogen (secondary N) is 1. The highest BCUT2D eigenvalue weighted by atomic mass is 16.1. The van der Waals surface area contributed by atoms with Gasteiger partial charge in [0.15, 0.2) is 0 Å². The predicted octanol–water partition coefficient (Wildman–Crippen LogP) is 1.80. The maximum atomic E-state index is 12.5. The Morgan fingerprint density at radius 3 is 2.96 bits per heavy atom. The smallest absolute Gasteiger partial charge is 0.254 e. The second-order valence-corrected chi connectivity index (χ2v) is 6.49. The summed E-state index contributed by atoms with van der Waals surface area (Å²) in [4.78, 5) is 19.1. The molecular formula is C18H25N5O. The highest BCUT2D eigenvalue weighted by molar-refractivity contribution is 5.95. The second-order valence-electron chi connectivity index (χ2n) is 6.49. The average molecular weight is 327 g/mol. The van der Waals surface area contributed by atoms with Crippen LogP contribution in [0.1, 0.15) is 41.0 Å². The normalized spacial score (nSPS) is 21.1. The highest BCUT2D eigenvalue weighted by Crippen LogP contribution is 2.35. The molecule has 0 spiro atoms. The Balaban J connectivity index is 1.68. The SMILES string of the molecule is CCc1nn(C)cc1C(=O)NC[C@@H]1CCN(C)[C@H]1c1cccnc1. The zero-order chi connectivity index (χ0) is 17.1. The molecule has 24 heavy (non-hydrogen) atoms. The van der Waals surface area contributed by atoms with Gasteiger partial charge in [-0.1, -0.05) is 13.0 Å². The molecule has 1 amide bonds. The van der Waals surface area contributed by atoms with E-state index in [1.165, 1.54) is 5.56 Å². The third kappa shape index (κ3) is 3.33. The lowest BCUT2D eigenvalue weighted by atomic mass is 9.94. The summed E-state index contributed by atoms with van der Waals surface area (Å²) in [6.07, 6.45) is 7.35. The third-order valence-corrected chi connectivity index (χ3v) is 4.81. The third-order valence-electron chi connectivity index (χ3n) is 4.81. The van der Waals surface area contributed by atoms with Gasteiger partial charge in [-0.15, -0.1) is 0 Å². The van der Waals surface area contributed by atoms with Crippen molar-refractivity contribution in [1.82, 2.24) is 25.0 Å². The van der Waals surface area contributed by atoms with E-state index in [4.69, 9.17) is 0 Å². The number of hydrogen-bond donors (Lipinski definition) is 1. The molecule has 0 aromatic carbocycles. The number of likely N-dealkylation sites (tertiary alicyclic amines) is 1. The number of hydrogen-bond acceptors (Lipinski definition) is 4. The number of rotatable bonds is 5. The molecule has 1 aliphatic rings. The van der Waals surface area contributed by atoms with Crippen LogP contribution >= 0.6 is 0 Å².